The molecule has 1 N–H and O–H groups in total. The first-order valence-corrected chi connectivity index (χ1v) is 8.36. The predicted molar refractivity (Wildman–Crippen MR) is 100 cm³/mol. The lowest BCUT2D eigenvalue weighted by Crippen LogP contribution is -2.30. The van der Waals surface area contributed by atoms with Gasteiger partial charge in [-0.1, -0.05) is 23.8 Å². The first-order valence-electron chi connectivity index (χ1n) is 8.36. The van der Waals surface area contributed by atoms with E-state index in [1.807, 2.05) is 52.8 Å². The van der Waals surface area contributed by atoms with Gasteiger partial charge in [0, 0.05) is 5.69 Å². The number of carbonyl (C=O) groups excluding carboxylic acids is 2. The van der Waals surface area contributed by atoms with Gasteiger partial charge in [-0.3, -0.25) is 4.79 Å². The van der Waals surface area contributed by atoms with Gasteiger partial charge in [0.15, 0.2) is 6.10 Å². The third-order valence-corrected chi connectivity index (χ3v) is 4.32. The normalized spacial score (nSPS) is 11.8. The van der Waals surface area contributed by atoms with Gasteiger partial charge in [-0.05, 0) is 75.9 Å². The van der Waals surface area contributed by atoms with E-state index < -0.39 is 12.1 Å². The van der Waals surface area contributed by atoms with E-state index in [4.69, 9.17) is 4.74 Å². The number of amides is 1. The fourth-order valence-electron chi connectivity index (χ4n) is 2.75. The van der Waals surface area contributed by atoms with Gasteiger partial charge in [0.05, 0.1) is 5.56 Å². The van der Waals surface area contributed by atoms with E-state index in [1.165, 1.54) is 0 Å². The molecule has 132 valence electrons. The van der Waals surface area contributed by atoms with E-state index in [1.54, 1.807) is 19.1 Å². The van der Waals surface area contributed by atoms with Crippen molar-refractivity contribution in [3.05, 3.63) is 63.7 Å². The molecule has 0 fully saturated rings. The second kappa shape index (κ2) is 7.51. The predicted octanol–water partition coefficient (Wildman–Crippen LogP) is 4.41. The molecule has 1 atom stereocenters. The van der Waals surface area contributed by atoms with Crippen molar-refractivity contribution in [3.63, 3.8) is 0 Å². The van der Waals surface area contributed by atoms with Crippen molar-refractivity contribution >= 4 is 17.6 Å². The lowest BCUT2D eigenvalue weighted by Gasteiger charge is -2.17. The fraction of sp³-hybridized carbons (Fsp3) is 0.333. The van der Waals surface area contributed by atoms with Crippen LogP contribution >= 0.6 is 0 Å². The number of ether oxygens (including phenoxy) is 1. The molecule has 0 heterocycles. The maximum absolute atomic E-state index is 12.4. The number of rotatable bonds is 4. The van der Waals surface area contributed by atoms with Crippen LogP contribution in [0.25, 0.3) is 0 Å². The molecule has 4 heteroatoms. The third kappa shape index (κ3) is 4.47. The van der Waals surface area contributed by atoms with Gasteiger partial charge in [0.1, 0.15) is 0 Å². The highest BCUT2D eigenvalue weighted by Gasteiger charge is 2.20. The lowest BCUT2D eigenvalue weighted by molar-refractivity contribution is -0.123. The first kappa shape index (κ1) is 18.7. The van der Waals surface area contributed by atoms with Crippen LogP contribution in [0.5, 0.6) is 0 Å². The van der Waals surface area contributed by atoms with Gasteiger partial charge in [0.2, 0.25) is 0 Å². The van der Waals surface area contributed by atoms with Gasteiger partial charge >= 0.3 is 5.97 Å². The van der Waals surface area contributed by atoms with Crippen LogP contribution < -0.4 is 5.32 Å². The Morgan fingerprint density at radius 3 is 2.04 bits per heavy atom. The summed E-state index contributed by atoms with van der Waals surface area (Å²) in [5.74, 6) is -0.838. The highest BCUT2D eigenvalue weighted by atomic mass is 16.5. The number of anilines is 1. The number of esters is 1. The summed E-state index contributed by atoms with van der Waals surface area (Å²) < 4.78 is 5.32. The second-order valence-corrected chi connectivity index (χ2v) is 6.61. The summed E-state index contributed by atoms with van der Waals surface area (Å²) >= 11 is 0. The number of aryl methyl sites for hydroxylation is 5. The molecule has 4 nitrogen and oxygen atoms in total. The van der Waals surface area contributed by atoms with E-state index in [0.717, 1.165) is 33.5 Å². The van der Waals surface area contributed by atoms with E-state index in [9.17, 15) is 9.59 Å². The van der Waals surface area contributed by atoms with Crippen LogP contribution in [0.4, 0.5) is 5.69 Å². The van der Waals surface area contributed by atoms with Gasteiger partial charge < -0.3 is 10.1 Å². The SMILES string of the molecule is Cc1cc(C)c(NC(=O)[C@H](C)OC(=O)c2ccc(C)c(C)c2)c(C)c1. The van der Waals surface area contributed by atoms with E-state index in [-0.39, 0.29) is 5.91 Å². The van der Waals surface area contributed by atoms with Crippen molar-refractivity contribution in [2.45, 2.75) is 47.6 Å². The minimum atomic E-state index is -0.880. The van der Waals surface area contributed by atoms with Crippen LogP contribution in [0.1, 0.15) is 45.1 Å². The van der Waals surface area contributed by atoms with Crippen LogP contribution in [0.2, 0.25) is 0 Å². The van der Waals surface area contributed by atoms with Gasteiger partial charge in [-0.2, -0.15) is 0 Å². The molecule has 0 aromatic heterocycles. The lowest BCUT2D eigenvalue weighted by atomic mass is 10.0. The second-order valence-electron chi connectivity index (χ2n) is 6.61. The molecule has 2 rings (SSSR count). The minimum Gasteiger partial charge on any atom is -0.449 e. The third-order valence-electron chi connectivity index (χ3n) is 4.32. The van der Waals surface area contributed by atoms with Crippen molar-refractivity contribution in [3.8, 4) is 0 Å². The Labute approximate surface area is 149 Å². The zero-order chi connectivity index (χ0) is 18.7. The molecule has 0 aliphatic rings. The Morgan fingerprint density at radius 1 is 0.880 bits per heavy atom. The number of hydrogen-bond donors (Lipinski definition) is 1. The summed E-state index contributed by atoms with van der Waals surface area (Å²) in [7, 11) is 0. The molecule has 2 aromatic rings. The summed E-state index contributed by atoms with van der Waals surface area (Å²) in [6, 6.07) is 9.37. The molecule has 0 saturated carbocycles. The monoisotopic (exact) mass is 339 g/mol. The quantitative estimate of drug-likeness (QED) is 0.839. The maximum atomic E-state index is 12.4. The molecule has 0 saturated heterocycles. The largest absolute Gasteiger partial charge is 0.449 e. The van der Waals surface area contributed by atoms with Crippen molar-refractivity contribution in [2.24, 2.45) is 0 Å². The van der Waals surface area contributed by atoms with Gasteiger partial charge in [-0.25, -0.2) is 4.79 Å². The molecule has 0 spiro atoms. The molecular formula is C21H25NO3. The van der Waals surface area contributed by atoms with Crippen LogP contribution in [-0.2, 0) is 9.53 Å². The van der Waals surface area contributed by atoms with Gasteiger partial charge in [-0.15, -0.1) is 0 Å². The first-order chi connectivity index (χ1) is 11.7. The molecular weight excluding hydrogens is 314 g/mol. The maximum Gasteiger partial charge on any atom is 0.338 e. The van der Waals surface area contributed by atoms with E-state index in [2.05, 4.69) is 5.32 Å². The number of hydrogen-bond acceptors (Lipinski definition) is 3. The molecule has 0 unspecified atom stereocenters. The summed E-state index contributed by atoms with van der Waals surface area (Å²) in [4.78, 5) is 24.7. The Morgan fingerprint density at radius 2 is 1.48 bits per heavy atom. The average molecular weight is 339 g/mol. The van der Waals surface area contributed by atoms with Crippen LogP contribution in [-0.4, -0.2) is 18.0 Å². The zero-order valence-corrected chi connectivity index (χ0v) is 15.7. The van der Waals surface area contributed by atoms with E-state index in [0.29, 0.717) is 5.56 Å². The molecule has 1 amide bonds. The zero-order valence-electron chi connectivity index (χ0n) is 15.7. The van der Waals surface area contributed by atoms with Crippen molar-refractivity contribution < 1.29 is 14.3 Å². The fourth-order valence-corrected chi connectivity index (χ4v) is 2.75. The highest BCUT2D eigenvalue weighted by molar-refractivity contribution is 5.98. The number of carbonyl (C=O) groups is 2. The van der Waals surface area contributed by atoms with Crippen molar-refractivity contribution in [2.75, 3.05) is 5.32 Å². The highest BCUT2D eigenvalue weighted by Crippen LogP contribution is 2.22. The van der Waals surface area contributed by atoms with Crippen molar-refractivity contribution in [1.29, 1.82) is 0 Å². The summed E-state index contributed by atoms with van der Waals surface area (Å²) in [5.41, 5.74) is 6.44. The number of nitrogens with one attached hydrogen (secondary N) is 1. The van der Waals surface area contributed by atoms with Crippen LogP contribution in [0.15, 0.2) is 30.3 Å². The van der Waals surface area contributed by atoms with Crippen molar-refractivity contribution in [1.82, 2.24) is 0 Å². The smallest absolute Gasteiger partial charge is 0.338 e. The Bertz CT molecular complexity index is 801. The standard InChI is InChI=1S/C21H25NO3/c1-12-9-15(4)19(16(5)10-12)22-20(23)17(6)25-21(24)18-8-7-13(2)14(3)11-18/h7-11,17H,1-6H3,(H,22,23)/t17-/m0/s1. The number of benzene rings is 2. The summed E-state index contributed by atoms with van der Waals surface area (Å²) in [5, 5.41) is 2.87. The van der Waals surface area contributed by atoms with Crippen LogP contribution in [0, 0.1) is 34.6 Å². The Balaban J connectivity index is 2.07. The Kier molecular flexibility index (Phi) is 5.62. The molecule has 2 aromatic carbocycles. The molecule has 0 aliphatic carbocycles. The molecule has 0 aliphatic heterocycles. The topological polar surface area (TPSA) is 55.4 Å². The molecule has 0 radical (unpaired) electrons. The van der Waals surface area contributed by atoms with E-state index >= 15 is 0 Å². The molecule has 0 bridgehead atoms. The summed E-state index contributed by atoms with van der Waals surface area (Å²) in [6.45, 7) is 11.4. The average Bonchev–Trinajstić information content (AvgIpc) is 2.53. The van der Waals surface area contributed by atoms with Crippen LogP contribution in [0.3, 0.4) is 0 Å². The minimum absolute atomic E-state index is 0.341. The van der Waals surface area contributed by atoms with Gasteiger partial charge in [0.25, 0.3) is 5.91 Å². The summed E-state index contributed by atoms with van der Waals surface area (Å²) in [6.07, 6.45) is -0.880. The molecule has 25 heavy (non-hydrogen) atoms. The Hall–Kier alpha value is -2.62.